The molecule has 0 atom stereocenters. The molecule has 0 unspecified atom stereocenters. The van der Waals surface area contributed by atoms with Crippen molar-refractivity contribution in [3.05, 3.63) is 18.4 Å². The minimum atomic E-state index is -3.38. The summed E-state index contributed by atoms with van der Waals surface area (Å²) in [5, 5.41) is 0.0730. The van der Waals surface area contributed by atoms with Crippen LogP contribution in [0.2, 0.25) is 0 Å². The second-order valence-corrected chi connectivity index (χ2v) is 6.74. The van der Waals surface area contributed by atoms with Gasteiger partial charge < -0.3 is 4.42 Å². The highest BCUT2D eigenvalue weighted by Gasteiger charge is 2.46. The van der Waals surface area contributed by atoms with Gasteiger partial charge in [0.15, 0.2) is 0 Å². The summed E-state index contributed by atoms with van der Waals surface area (Å²) in [5.74, 6) is 0. The molecule has 1 aliphatic heterocycles. The average Bonchev–Trinajstić information content (AvgIpc) is 2.87. The predicted molar refractivity (Wildman–Crippen MR) is 58.4 cm³/mol. The van der Waals surface area contributed by atoms with Gasteiger partial charge in [-0.05, 0) is 36.8 Å². The van der Waals surface area contributed by atoms with Crippen LogP contribution in [0.1, 0.15) is 25.7 Å². The molecule has 1 aromatic heterocycles. The minimum Gasteiger partial charge on any atom is -0.452 e. The Morgan fingerprint density at radius 1 is 1.31 bits per heavy atom. The number of rotatable bonds is 2. The number of hydrogen-bond acceptors (Lipinski definition) is 3. The molecule has 0 N–H and O–H groups in total. The number of hydrogen-bond donors (Lipinski definition) is 0. The molecule has 3 rings (SSSR count). The Bertz CT molecular complexity index is 473. The zero-order valence-corrected chi connectivity index (χ0v) is 9.87. The van der Waals surface area contributed by atoms with Crippen molar-refractivity contribution in [3.8, 4) is 0 Å². The molecule has 1 aromatic rings. The highest BCUT2D eigenvalue weighted by Crippen LogP contribution is 2.48. The highest BCUT2D eigenvalue weighted by molar-refractivity contribution is 7.89. The summed E-state index contributed by atoms with van der Waals surface area (Å²) in [6.07, 6.45) is 6.01. The number of furan rings is 1. The number of nitrogens with zero attached hydrogens (tertiary/aromatic N) is 1. The number of sulfonamides is 1. The second-order valence-electron chi connectivity index (χ2n) is 4.87. The lowest BCUT2D eigenvalue weighted by atomic mass is 9.68. The molecular formula is C11H15NO3S. The van der Waals surface area contributed by atoms with E-state index in [1.807, 2.05) is 0 Å². The van der Waals surface area contributed by atoms with Crippen LogP contribution in [-0.4, -0.2) is 25.8 Å². The molecule has 1 aliphatic carbocycles. The van der Waals surface area contributed by atoms with Crippen molar-refractivity contribution in [2.45, 2.75) is 30.8 Å². The van der Waals surface area contributed by atoms with Crippen LogP contribution < -0.4 is 0 Å². The normalized spacial score (nSPS) is 24.8. The van der Waals surface area contributed by atoms with Crippen molar-refractivity contribution in [3.63, 3.8) is 0 Å². The van der Waals surface area contributed by atoms with Gasteiger partial charge in [-0.15, -0.1) is 0 Å². The van der Waals surface area contributed by atoms with Crippen molar-refractivity contribution in [1.29, 1.82) is 0 Å². The second kappa shape index (κ2) is 3.34. The molecule has 2 aliphatic rings. The summed E-state index contributed by atoms with van der Waals surface area (Å²) in [7, 11) is -3.38. The minimum absolute atomic E-state index is 0.0730. The highest BCUT2D eigenvalue weighted by atomic mass is 32.2. The molecule has 1 spiro atoms. The molecule has 16 heavy (non-hydrogen) atoms. The van der Waals surface area contributed by atoms with Crippen LogP contribution in [0.25, 0.3) is 0 Å². The van der Waals surface area contributed by atoms with E-state index in [4.69, 9.17) is 4.42 Å². The summed E-state index contributed by atoms with van der Waals surface area (Å²) >= 11 is 0. The van der Waals surface area contributed by atoms with Crippen molar-refractivity contribution in [2.24, 2.45) is 5.41 Å². The van der Waals surface area contributed by atoms with E-state index < -0.39 is 10.0 Å². The van der Waals surface area contributed by atoms with Gasteiger partial charge in [-0.25, -0.2) is 8.42 Å². The van der Waals surface area contributed by atoms with Gasteiger partial charge in [0.25, 0.3) is 10.0 Å². The molecule has 0 amide bonds. The van der Waals surface area contributed by atoms with Crippen molar-refractivity contribution < 1.29 is 12.8 Å². The fraction of sp³-hybridized carbons (Fsp3) is 0.636. The van der Waals surface area contributed by atoms with Crippen molar-refractivity contribution in [2.75, 3.05) is 13.1 Å². The molecule has 88 valence electrons. The Morgan fingerprint density at radius 2 is 2.12 bits per heavy atom. The Labute approximate surface area is 95.3 Å². The molecule has 4 nitrogen and oxygen atoms in total. The zero-order valence-electron chi connectivity index (χ0n) is 9.05. The van der Waals surface area contributed by atoms with E-state index in [0.717, 1.165) is 6.42 Å². The van der Waals surface area contributed by atoms with E-state index in [9.17, 15) is 8.42 Å². The van der Waals surface area contributed by atoms with E-state index >= 15 is 0 Å². The van der Waals surface area contributed by atoms with Gasteiger partial charge in [0.05, 0.1) is 6.26 Å². The molecule has 1 saturated carbocycles. The smallest absolute Gasteiger partial charge is 0.276 e. The predicted octanol–water partition coefficient (Wildman–Crippen LogP) is 1.84. The van der Waals surface area contributed by atoms with Gasteiger partial charge in [-0.3, -0.25) is 0 Å². The van der Waals surface area contributed by atoms with Crippen LogP contribution in [0.15, 0.2) is 27.9 Å². The maximum absolute atomic E-state index is 12.2. The van der Waals surface area contributed by atoms with Crippen LogP contribution >= 0.6 is 0 Å². The van der Waals surface area contributed by atoms with Crippen LogP contribution in [-0.2, 0) is 10.0 Å². The summed E-state index contributed by atoms with van der Waals surface area (Å²) < 4.78 is 30.9. The van der Waals surface area contributed by atoms with Crippen LogP contribution in [0.5, 0.6) is 0 Å². The zero-order chi connectivity index (χ0) is 11.2. The molecule has 1 saturated heterocycles. The van der Waals surface area contributed by atoms with Gasteiger partial charge in [0.2, 0.25) is 5.09 Å². The van der Waals surface area contributed by atoms with Crippen LogP contribution in [0, 0.1) is 5.41 Å². The van der Waals surface area contributed by atoms with Gasteiger partial charge >= 0.3 is 0 Å². The molecule has 5 heteroatoms. The topological polar surface area (TPSA) is 50.5 Å². The van der Waals surface area contributed by atoms with Crippen LogP contribution in [0.4, 0.5) is 0 Å². The van der Waals surface area contributed by atoms with E-state index in [2.05, 4.69) is 0 Å². The molecular weight excluding hydrogens is 226 g/mol. The summed E-state index contributed by atoms with van der Waals surface area (Å²) in [5.41, 5.74) is 0.291. The van der Waals surface area contributed by atoms with Gasteiger partial charge in [0, 0.05) is 13.1 Å². The van der Waals surface area contributed by atoms with E-state index in [-0.39, 0.29) is 5.09 Å². The third-order valence-corrected chi connectivity index (χ3v) is 5.64. The lowest BCUT2D eigenvalue weighted by Crippen LogP contribution is -2.35. The van der Waals surface area contributed by atoms with Crippen molar-refractivity contribution in [1.82, 2.24) is 4.31 Å². The lowest BCUT2D eigenvalue weighted by molar-refractivity contribution is 0.153. The van der Waals surface area contributed by atoms with Crippen LogP contribution in [0.3, 0.4) is 0 Å². The molecule has 2 heterocycles. The first-order valence-corrected chi connectivity index (χ1v) is 7.10. The Hall–Kier alpha value is -0.810. The summed E-state index contributed by atoms with van der Waals surface area (Å²) in [6.45, 7) is 1.32. The quantitative estimate of drug-likeness (QED) is 0.794. The first-order chi connectivity index (χ1) is 7.62. The Kier molecular flexibility index (Phi) is 2.16. The van der Waals surface area contributed by atoms with Gasteiger partial charge in [0.1, 0.15) is 0 Å². The maximum Gasteiger partial charge on any atom is 0.276 e. The van der Waals surface area contributed by atoms with Gasteiger partial charge in [-0.2, -0.15) is 4.31 Å². The first-order valence-electron chi connectivity index (χ1n) is 5.66. The lowest BCUT2D eigenvalue weighted by Gasteiger charge is -2.37. The monoisotopic (exact) mass is 241 g/mol. The molecule has 0 bridgehead atoms. The molecule has 2 fully saturated rings. The standard InChI is InChI=1S/C11H15NO3S/c13-16(14,10-3-1-8-15-10)12-7-6-11(9-12)4-2-5-11/h1,3,8H,2,4-7,9H2. The Morgan fingerprint density at radius 3 is 2.62 bits per heavy atom. The maximum atomic E-state index is 12.2. The molecule has 0 radical (unpaired) electrons. The molecule has 0 aromatic carbocycles. The van der Waals surface area contributed by atoms with Gasteiger partial charge in [-0.1, -0.05) is 6.42 Å². The summed E-state index contributed by atoms with van der Waals surface area (Å²) in [4.78, 5) is 0. The fourth-order valence-electron chi connectivity index (χ4n) is 2.72. The third kappa shape index (κ3) is 1.42. The average molecular weight is 241 g/mol. The largest absolute Gasteiger partial charge is 0.452 e. The first kappa shape index (κ1) is 10.4. The fourth-order valence-corrected chi connectivity index (χ4v) is 4.18. The SMILES string of the molecule is O=S(=O)(c1ccco1)N1CCC2(CCC2)C1. The summed E-state index contributed by atoms with van der Waals surface area (Å²) in [6, 6.07) is 3.13. The van der Waals surface area contributed by atoms with E-state index in [1.165, 1.54) is 31.6 Å². The van der Waals surface area contributed by atoms with Crippen molar-refractivity contribution >= 4 is 10.0 Å². The Balaban J connectivity index is 1.84. The van der Waals surface area contributed by atoms with E-state index in [0.29, 0.717) is 18.5 Å². The van der Waals surface area contributed by atoms with E-state index in [1.54, 1.807) is 10.4 Å². The third-order valence-electron chi connectivity index (χ3n) is 3.91.